The molecule has 2 aliphatic rings. The zero-order valence-electron chi connectivity index (χ0n) is 15.0. The average molecular weight is 369 g/mol. The first kappa shape index (κ1) is 17.2. The molecule has 0 amide bonds. The summed E-state index contributed by atoms with van der Waals surface area (Å²) < 4.78 is 11.8. The third-order valence-corrected chi connectivity index (χ3v) is 5.93. The highest BCUT2D eigenvalue weighted by Gasteiger charge is 2.44. The summed E-state index contributed by atoms with van der Waals surface area (Å²) in [5, 5.41) is 0.695. The van der Waals surface area contributed by atoms with Crippen LogP contribution in [0.1, 0.15) is 40.3 Å². The van der Waals surface area contributed by atoms with Crippen molar-refractivity contribution < 1.29 is 14.3 Å². The molecule has 0 saturated carbocycles. The maximum Gasteiger partial charge on any atom is 0.334 e. The Hall–Kier alpha value is -2.26. The van der Waals surface area contributed by atoms with Crippen molar-refractivity contribution in [3.63, 3.8) is 0 Å². The predicted octanol–water partition coefficient (Wildman–Crippen LogP) is 5.25. The Morgan fingerprint density at radius 1 is 1.31 bits per heavy atom. The Bertz CT molecular complexity index is 916. The molecule has 1 aliphatic carbocycles. The Labute approximate surface area is 158 Å². The van der Waals surface area contributed by atoms with Gasteiger partial charge in [0.2, 0.25) is 0 Å². The molecule has 0 spiro atoms. The molecule has 1 saturated heterocycles. The molecule has 134 valence electrons. The minimum Gasteiger partial charge on any atom is -0.489 e. The second-order valence-corrected chi connectivity index (χ2v) is 7.49. The maximum atomic E-state index is 12.0. The largest absolute Gasteiger partial charge is 0.489 e. The van der Waals surface area contributed by atoms with Crippen molar-refractivity contribution in [2.75, 3.05) is 0 Å². The summed E-state index contributed by atoms with van der Waals surface area (Å²) in [7, 11) is 0. The molecule has 2 aromatic carbocycles. The molecule has 26 heavy (non-hydrogen) atoms. The molecule has 1 heterocycles. The van der Waals surface area contributed by atoms with Crippen LogP contribution in [0, 0.1) is 19.8 Å². The Morgan fingerprint density at radius 3 is 2.85 bits per heavy atom. The van der Waals surface area contributed by atoms with Crippen LogP contribution in [0.3, 0.4) is 0 Å². The minimum absolute atomic E-state index is 0.0758. The fraction of sp³-hybridized carbons (Fsp3) is 0.318. The van der Waals surface area contributed by atoms with Gasteiger partial charge in [-0.1, -0.05) is 36.4 Å². The monoisotopic (exact) mass is 368 g/mol. The predicted molar refractivity (Wildman–Crippen MR) is 101 cm³/mol. The van der Waals surface area contributed by atoms with E-state index in [1.807, 2.05) is 31.2 Å². The number of rotatable bonds is 3. The van der Waals surface area contributed by atoms with Crippen molar-refractivity contribution in [3.05, 3.63) is 75.3 Å². The van der Waals surface area contributed by atoms with Crippen molar-refractivity contribution in [2.45, 2.75) is 39.4 Å². The van der Waals surface area contributed by atoms with Crippen molar-refractivity contribution in [1.82, 2.24) is 0 Å². The summed E-state index contributed by atoms with van der Waals surface area (Å²) in [4.78, 5) is 12.0. The van der Waals surface area contributed by atoms with Crippen LogP contribution in [0.25, 0.3) is 0 Å². The maximum absolute atomic E-state index is 12.0. The van der Waals surface area contributed by atoms with Gasteiger partial charge in [-0.15, -0.1) is 0 Å². The smallest absolute Gasteiger partial charge is 0.334 e. The third-order valence-electron chi connectivity index (χ3n) is 5.56. The number of halogens is 1. The number of carbonyl (C=O) groups excluding carboxylic acids is 1. The number of fused-ring (bicyclic) bond motifs is 3. The standard InChI is InChI=1S/C22H21ClO3/c1-12-10-19(25-11-15-6-4-5-7-18(15)23)14(3)20-16(12)8-9-17-13(2)22(24)26-21(17)20/h4-7,10,17,21H,2,8-9,11H2,1,3H3/t17-,21?/m0/s1. The van der Waals surface area contributed by atoms with Crippen LogP contribution in [0.15, 0.2) is 42.5 Å². The van der Waals surface area contributed by atoms with Crippen LogP contribution in [0.2, 0.25) is 5.02 Å². The lowest BCUT2D eigenvalue weighted by molar-refractivity contribution is -0.139. The number of hydrogen-bond donors (Lipinski definition) is 0. The van der Waals surface area contributed by atoms with Crippen molar-refractivity contribution in [3.8, 4) is 5.75 Å². The van der Waals surface area contributed by atoms with Gasteiger partial charge in [-0.25, -0.2) is 4.79 Å². The van der Waals surface area contributed by atoms with E-state index in [4.69, 9.17) is 21.1 Å². The third kappa shape index (κ3) is 2.71. The summed E-state index contributed by atoms with van der Waals surface area (Å²) in [6, 6.07) is 9.75. The number of benzene rings is 2. The van der Waals surface area contributed by atoms with E-state index in [9.17, 15) is 4.79 Å². The van der Waals surface area contributed by atoms with E-state index in [2.05, 4.69) is 19.6 Å². The van der Waals surface area contributed by atoms with Gasteiger partial charge in [0.25, 0.3) is 0 Å². The first-order valence-corrected chi connectivity index (χ1v) is 9.24. The van der Waals surface area contributed by atoms with E-state index in [1.165, 1.54) is 11.1 Å². The van der Waals surface area contributed by atoms with Gasteiger partial charge in [0.05, 0.1) is 0 Å². The number of hydrogen-bond acceptors (Lipinski definition) is 3. The van der Waals surface area contributed by atoms with Crippen molar-refractivity contribution >= 4 is 17.6 Å². The normalized spacial score (nSPS) is 21.2. The van der Waals surface area contributed by atoms with Gasteiger partial charge in [-0.3, -0.25) is 0 Å². The lowest BCUT2D eigenvalue weighted by atomic mass is 9.76. The van der Waals surface area contributed by atoms with Gasteiger partial charge in [0.1, 0.15) is 18.5 Å². The average Bonchev–Trinajstić information content (AvgIpc) is 2.92. The van der Waals surface area contributed by atoms with Crippen LogP contribution in [0.5, 0.6) is 5.75 Å². The van der Waals surface area contributed by atoms with Crippen LogP contribution < -0.4 is 4.74 Å². The molecule has 3 nitrogen and oxygen atoms in total. The molecule has 0 aromatic heterocycles. The molecular formula is C22H21ClO3. The van der Waals surface area contributed by atoms with Crippen LogP contribution in [-0.4, -0.2) is 5.97 Å². The molecule has 1 unspecified atom stereocenters. The summed E-state index contributed by atoms with van der Waals surface area (Å²) >= 11 is 6.23. The van der Waals surface area contributed by atoms with Gasteiger partial charge in [-0.2, -0.15) is 0 Å². The van der Waals surface area contributed by atoms with Crippen molar-refractivity contribution in [1.29, 1.82) is 0 Å². The zero-order valence-corrected chi connectivity index (χ0v) is 15.7. The lowest BCUT2D eigenvalue weighted by Crippen LogP contribution is -2.20. The van der Waals surface area contributed by atoms with Gasteiger partial charge < -0.3 is 9.47 Å². The molecule has 1 fully saturated rings. The number of aryl methyl sites for hydroxylation is 1. The number of esters is 1. The summed E-state index contributed by atoms with van der Waals surface area (Å²) in [6.07, 6.45) is 1.60. The minimum atomic E-state index is -0.271. The number of carbonyl (C=O) groups is 1. The zero-order chi connectivity index (χ0) is 18.4. The molecule has 2 aromatic rings. The summed E-state index contributed by atoms with van der Waals surface area (Å²) in [5.74, 6) is 0.620. The molecular weight excluding hydrogens is 348 g/mol. The van der Waals surface area contributed by atoms with Gasteiger partial charge >= 0.3 is 5.97 Å². The highest BCUT2D eigenvalue weighted by Crippen LogP contribution is 2.49. The first-order valence-electron chi connectivity index (χ1n) is 8.86. The van der Waals surface area contributed by atoms with E-state index < -0.39 is 0 Å². The van der Waals surface area contributed by atoms with Crippen molar-refractivity contribution in [2.24, 2.45) is 5.92 Å². The van der Waals surface area contributed by atoms with Crippen LogP contribution in [0.4, 0.5) is 0 Å². The second kappa shape index (κ2) is 6.48. The van der Waals surface area contributed by atoms with Gasteiger partial charge in [0.15, 0.2) is 0 Å². The van der Waals surface area contributed by atoms with Crippen LogP contribution in [-0.2, 0) is 22.6 Å². The Morgan fingerprint density at radius 2 is 2.08 bits per heavy atom. The topological polar surface area (TPSA) is 35.5 Å². The van der Waals surface area contributed by atoms with E-state index in [0.29, 0.717) is 17.2 Å². The van der Waals surface area contributed by atoms with Gasteiger partial charge in [0, 0.05) is 27.6 Å². The highest BCUT2D eigenvalue weighted by atomic mass is 35.5. The van der Waals surface area contributed by atoms with E-state index in [1.54, 1.807) is 0 Å². The summed E-state index contributed by atoms with van der Waals surface area (Å²) in [5.41, 5.74) is 6.13. The Balaban J connectivity index is 1.69. The fourth-order valence-corrected chi connectivity index (χ4v) is 4.28. The van der Waals surface area contributed by atoms with E-state index in [-0.39, 0.29) is 18.0 Å². The fourth-order valence-electron chi connectivity index (χ4n) is 4.09. The molecule has 1 aliphatic heterocycles. The quantitative estimate of drug-likeness (QED) is 0.548. The first-order chi connectivity index (χ1) is 12.5. The molecule has 2 atom stereocenters. The van der Waals surface area contributed by atoms with E-state index in [0.717, 1.165) is 35.3 Å². The lowest BCUT2D eigenvalue weighted by Gasteiger charge is -2.30. The SMILES string of the molecule is C=C1C(=O)OC2c3c(C)c(OCc4ccccc4Cl)cc(C)c3CC[C@@H]12. The molecule has 0 N–H and O–H groups in total. The Kier molecular flexibility index (Phi) is 4.28. The molecule has 4 heteroatoms. The van der Waals surface area contributed by atoms with Crippen LogP contribution >= 0.6 is 11.6 Å². The highest BCUT2D eigenvalue weighted by molar-refractivity contribution is 6.31. The number of ether oxygens (including phenoxy) is 2. The molecule has 4 rings (SSSR count). The summed E-state index contributed by atoms with van der Waals surface area (Å²) in [6.45, 7) is 8.46. The molecule has 0 radical (unpaired) electrons. The molecule has 0 bridgehead atoms. The van der Waals surface area contributed by atoms with E-state index >= 15 is 0 Å². The van der Waals surface area contributed by atoms with Gasteiger partial charge in [-0.05, 0) is 55.5 Å². The second-order valence-electron chi connectivity index (χ2n) is 7.09.